The number of hydrogen-bond donors (Lipinski definition) is 1. The van der Waals surface area contributed by atoms with Crippen molar-refractivity contribution in [3.63, 3.8) is 0 Å². The highest BCUT2D eigenvalue weighted by atomic mass is 16.5. The lowest BCUT2D eigenvalue weighted by molar-refractivity contribution is 0.0952. The van der Waals surface area contributed by atoms with Crippen LogP contribution in [0.15, 0.2) is 70.0 Å². The fraction of sp³-hybridized carbons (Fsp3) is 0.174. The molecule has 0 fully saturated rings. The first-order chi connectivity index (χ1) is 15.0. The fourth-order valence-electron chi connectivity index (χ4n) is 3.33. The van der Waals surface area contributed by atoms with Crippen molar-refractivity contribution >= 4 is 5.91 Å². The van der Waals surface area contributed by atoms with Crippen molar-refractivity contribution in [3.8, 4) is 22.8 Å². The zero-order valence-corrected chi connectivity index (χ0v) is 17.2. The van der Waals surface area contributed by atoms with Crippen LogP contribution in [0.1, 0.15) is 21.7 Å². The minimum Gasteiger partial charge on any atom is -0.350 e. The Morgan fingerprint density at radius 3 is 2.55 bits per heavy atom. The van der Waals surface area contributed by atoms with Gasteiger partial charge in [-0.25, -0.2) is 4.79 Å². The molecule has 8 nitrogen and oxygen atoms in total. The van der Waals surface area contributed by atoms with E-state index in [1.54, 1.807) is 31.2 Å². The first-order valence-corrected chi connectivity index (χ1v) is 9.85. The Morgan fingerprint density at radius 1 is 1.03 bits per heavy atom. The van der Waals surface area contributed by atoms with Gasteiger partial charge in [0.25, 0.3) is 11.8 Å². The van der Waals surface area contributed by atoms with E-state index in [4.69, 9.17) is 4.52 Å². The average molecular weight is 415 g/mol. The molecule has 0 radical (unpaired) electrons. The van der Waals surface area contributed by atoms with Crippen LogP contribution in [-0.4, -0.2) is 32.1 Å². The molecule has 0 aliphatic heterocycles. The molecule has 1 amide bonds. The van der Waals surface area contributed by atoms with E-state index in [0.717, 1.165) is 11.3 Å². The second kappa shape index (κ2) is 8.74. The first kappa shape index (κ1) is 20.2. The van der Waals surface area contributed by atoms with Crippen LogP contribution in [0.25, 0.3) is 22.8 Å². The van der Waals surface area contributed by atoms with E-state index in [1.807, 2.05) is 43.3 Å². The maximum atomic E-state index is 12.8. The zero-order valence-electron chi connectivity index (χ0n) is 17.2. The predicted octanol–water partition coefficient (Wildman–Crippen LogP) is 3.01. The summed E-state index contributed by atoms with van der Waals surface area (Å²) in [6.07, 6.45) is 0. The SMILES string of the molecule is Cc1cc(C)n(CCNC(=O)c2ccccc2-c2nc(-c3ccccc3)no2)c(=O)n1. The maximum Gasteiger partial charge on any atom is 0.348 e. The Morgan fingerprint density at radius 2 is 1.77 bits per heavy atom. The molecule has 2 aromatic carbocycles. The van der Waals surface area contributed by atoms with Gasteiger partial charge in [-0.1, -0.05) is 47.6 Å². The number of rotatable bonds is 6. The molecule has 0 saturated carbocycles. The van der Waals surface area contributed by atoms with Gasteiger partial charge in [0.15, 0.2) is 0 Å². The minimum absolute atomic E-state index is 0.263. The number of benzene rings is 2. The number of aryl methyl sites for hydroxylation is 2. The van der Waals surface area contributed by atoms with Gasteiger partial charge in [0.2, 0.25) is 5.82 Å². The van der Waals surface area contributed by atoms with Crippen molar-refractivity contribution in [2.75, 3.05) is 6.54 Å². The highest BCUT2D eigenvalue weighted by molar-refractivity contribution is 6.00. The number of carbonyl (C=O) groups excluding carboxylic acids is 1. The van der Waals surface area contributed by atoms with Crippen LogP contribution in [0.5, 0.6) is 0 Å². The maximum absolute atomic E-state index is 12.8. The van der Waals surface area contributed by atoms with Crippen LogP contribution >= 0.6 is 0 Å². The number of amides is 1. The van der Waals surface area contributed by atoms with Crippen molar-refractivity contribution in [1.29, 1.82) is 0 Å². The molecule has 0 aliphatic rings. The zero-order chi connectivity index (χ0) is 21.8. The lowest BCUT2D eigenvalue weighted by Crippen LogP contribution is -2.33. The van der Waals surface area contributed by atoms with E-state index in [1.165, 1.54) is 4.57 Å². The predicted molar refractivity (Wildman–Crippen MR) is 115 cm³/mol. The van der Waals surface area contributed by atoms with Crippen molar-refractivity contribution in [2.45, 2.75) is 20.4 Å². The molecule has 0 unspecified atom stereocenters. The second-order valence-corrected chi connectivity index (χ2v) is 7.06. The molecular formula is C23H21N5O3. The lowest BCUT2D eigenvalue weighted by Gasteiger charge is -2.11. The van der Waals surface area contributed by atoms with Crippen molar-refractivity contribution in [1.82, 2.24) is 25.0 Å². The highest BCUT2D eigenvalue weighted by Gasteiger charge is 2.18. The van der Waals surface area contributed by atoms with Crippen LogP contribution in [0.4, 0.5) is 0 Å². The van der Waals surface area contributed by atoms with E-state index in [0.29, 0.717) is 29.2 Å². The molecule has 1 N–H and O–H groups in total. The van der Waals surface area contributed by atoms with Crippen LogP contribution in [0.3, 0.4) is 0 Å². The van der Waals surface area contributed by atoms with Gasteiger partial charge in [-0.3, -0.25) is 9.36 Å². The number of nitrogens with one attached hydrogen (secondary N) is 1. The molecule has 0 spiro atoms. The summed E-state index contributed by atoms with van der Waals surface area (Å²) in [5.74, 6) is 0.424. The van der Waals surface area contributed by atoms with E-state index in [2.05, 4.69) is 20.4 Å². The largest absolute Gasteiger partial charge is 0.350 e. The molecule has 0 aliphatic carbocycles. The number of aromatic nitrogens is 4. The van der Waals surface area contributed by atoms with Gasteiger partial charge >= 0.3 is 5.69 Å². The third-order valence-electron chi connectivity index (χ3n) is 4.83. The van der Waals surface area contributed by atoms with Gasteiger partial charge in [-0.05, 0) is 32.0 Å². The molecule has 4 rings (SSSR count). The van der Waals surface area contributed by atoms with E-state index < -0.39 is 0 Å². The van der Waals surface area contributed by atoms with Crippen LogP contribution in [0, 0.1) is 13.8 Å². The monoisotopic (exact) mass is 415 g/mol. The number of hydrogen-bond acceptors (Lipinski definition) is 6. The third-order valence-corrected chi connectivity index (χ3v) is 4.83. The summed E-state index contributed by atoms with van der Waals surface area (Å²) >= 11 is 0. The van der Waals surface area contributed by atoms with Gasteiger partial charge in [-0.2, -0.15) is 9.97 Å². The molecule has 0 bridgehead atoms. The molecule has 0 saturated heterocycles. The van der Waals surface area contributed by atoms with Crippen LogP contribution in [-0.2, 0) is 6.54 Å². The summed E-state index contributed by atoms with van der Waals surface area (Å²) in [5.41, 5.74) is 2.92. The molecule has 156 valence electrons. The standard InChI is InChI=1S/C23H21N5O3/c1-15-14-16(2)28(23(30)25-15)13-12-24-21(29)18-10-6-7-11-19(18)22-26-20(27-31-22)17-8-4-3-5-9-17/h3-11,14H,12-13H2,1-2H3,(H,24,29). The topological polar surface area (TPSA) is 103 Å². The Hall–Kier alpha value is -4.07. The Balaban J connectivity index is 1.51. The Labute approximate surface area is 178 Å². The summed E-state index contributed by atoms with van der Waals surface area (Å²) in [6, 6.07) is 18.3. The smallest absolute Gasteiger partial charge is 0.348 e. The summed E-state index contributed by atoms with van der Waals surface area (Å²) in [5, 5.41) is 6.88. The van der Waals surface area contributed by atoms with Crippen molar-refractivity contribution < 1.29 is 9.32 Å². The van der Waals surface area contributed by atoms with Crippen molar-refractivity contribution in [2.24, 2.45) is 0 Å². The summed E-state index contributed by atoms with van der Waals surface area (Å²) in [4.78, 5) is 33.3. The van der Waals surface area contributed by atoms with Crippen LogP contribution in [0.2, 0.25) is 0 Å². The van der Waals surface area contributed by atoms with Gasteiger partial charge < -0.3 is 9.84 Å². The molecule has 0 atom stereocenters. The van der Waals surface area contributed by atoms with Gasteiger partial charge in [0.1, 0.15) is 0 Å². The first-order valence-electron chi connectivity index (χ1n) is 9.85. The lowest BCUT2D eigenvalue weighted by atomic mass is 10.1. The summed E-state index contributed by atoms with van der Waals surface area (Å²) in [6.45, 7) is 4.22. The van der Waals surface area contributed by atoms with Crippen LogP contribution < -0.4 is 11.0 Å². The summed E-state index contributed by atoms with van der Waals surface area (Å²) < 4.78 is 6.95. The number of carbonyl (C=O) groups is 1. The molecule has 2 aromatic heterocycles. The third kappa shape index (κ3) is 4.42. The normalized spacial score (nSPS) is 10.8. The molecular weight excluding hydrogens is 394 g/mol. The van der Waals surface area contributed by atoms with Gasteiger partial charge in [-0.15, -0.1) is 0 Å². The van der Waals surface area contributed by atoms with E-state index in [-0.39, 0.29) is 24.0 Å². The van der Waals surface area contributed by atoms with Gasteiger partial charge in [0, 0.05) is 30.0 Å². The quantitative estimate of drug-likeness (QED) is 0.519. The summed E-state index contributed by atoms with van der Waals surface area (Å²) in [7, 11) is 0. The number of nitrogens with zero attached hydrogens (tertiary/aromatic N) is 4. The Bertz CT molecular complexity index is 1280. The molecule has 4 aromatic rings. The highest BCUT2D eigenvalue weighted by Crippen LogP contribution is 2.25. The van der Waals surface area contributed by atoms with Crippen molar-refractivity contribution in [3.05, 3.63) is 88.1 Å². The van der Waals surface area contributed by atoms with E-state index >= 15 is 0 Å². The minimum atomic E-state index is -0.327. The Kier molecular flexibility index (Phi) is 5.70. The molecule has 8 heteroatoms. The second-order valence-electron chi connectivity index (χ2n) is 7.06. The van der Waals surface area contributed by atoms with E-state index in [9.17, 15) is 9.59 Å². The van der Waals surface area contributed by atoms with Gasteiger partial charge in [0.05, 0.1) is 11.1 Å². The molecule has 31 heavy (non-hydrogen) atoms. The fourth-order valence-corrected chi connectivity index (χ4v) is 3.33. The average Bonchev–Trinajstić information content (AvgIpc) is 3.26. The molecule has 2 heterocycles.